The Labute approximate surface area is 94.4 Å². The van der Waals surface area contributed by atoms with Gasteiger partial charge in [0.1, 0.15) is 0 Å². The molecule has 0 amide bonds. The molecular weight excluding hydrogens is 150 g/mol. The van der Waals surface area contributed by atoms with Gasteiger partial charge in [0.25, 0.3) is 0 Å². The van der Waals surface area contributed by atoms with Gasteiger partial charge in [-0.1, -0.05) is 0 Å². The van der Waals surface area contributed by atoms with Crippen molar-refractivity contribution in [3.05, 3.63) is 12.2 Å². The van der Waals surface area contributed by atoms with Gasteiger partial charge < -0.3 is 9.51 Å². The molecule has 0 aliphatic carbocycles. The summed E-state index contributed by atoms with van der Waals surface area (Å²) in [5, 5.41) is 3.20. The van der Waals surface area contributed by atoms with Crippen molar-refractivity contribution in [2.45, 2.75) is 13.1 Å². The summed E-state index contributed by atoms with van der Waals surface area (Å²) in [6, 6.07) is 0. The summed E-state index contributed by atoms with van der Waals surface area (Å²) < 4.78 is 16.2. The summed E-state index contributed by atoms with van der Waals surface area (Å²) in [7, 11) is 0. The molecular formula is C4H4FKN2O. The largest absolute Gasteiger partial charge is 1.00 e. The topological polar surface area (TPSA) is 38.9 Å². The van der Waals surface area contributed by atoms with Crippen molar-refractivity contribution in [3.8, 4) is 0 Å². The van der Waals surface area contributed by atoms with Gasteiger partial charge in [-0.2, -0.15) is 5.16 Å². The van der Waals surface area contributed by atoms with Crippen LogP contribution >= 0.6 is 0 Å². The van der Waals surface area contributed by atoms with Gasteiger partial charge in [-0.3, -0.25) is 4.39 Å². The predicted molar refractivity (Wildman–Crippen MR) is 22.7 cm³/mol. The molecule has 0 saturated carbocycles. The second kappa shape index (κ2) is 4.51. The minimum absolute atomic E-state index is 0. The molecule has 0 spiro atoms. The molecule has 3 nitrogen and oxygen atoms in total. The number of hydrogen-bond acceptors (Lipinski definition) is 3. The summed E-state index contributed by atoms with van der Waals surface area (Å²) in [6.07, 6.45) is 0.873. The van der Waals surface area contributed by atoms with Crippen LogP contribution in [0.4, 0.5) is 4.39 Å². The molecule has 1 rings (SSSR count). The normalized spacial score (nSPS) is 12.2. The summed E-state index contributed by atoms with van der Waals surface area (Å²) in [5.41, 5.74) is 0. The van der Waals surface area contributed by atoms with Crippen LogP contribution in [0.1, 0.15) is 18.9 Å². The smallest absolute Gasteiger partial charge is 0.459 e. The van der Waals surface area contributed by atoms with Crippen molar-refractivity contribution in [2.75, 3.05) is 0 Å². The van der Waals surface area contributed by atoms with Gasteiger partial charge in [0, 0.05) is 5.82 Å². The van der Waals surface area contributed by atoms with Gasteiger partial charge in [-0.25, -0.2) is 0 Å². The molecule has 1 atom stereocenters. The van der Waals surface area contributed by atoms with Crippen LogP contribution in [0.3, 0.4) is 0 Å². The Bertz CT molecular complexity index is 154. The molecule has 0 bridgehead atoms. The molecule has 9 heavy (non-hydrogen) atoms. The third-order valence-electron chi connectivity index (χ3n) is 0.696. The number of aromatic nitrogens is 2. The van der Waals surface area contributed by atoms with Crippen molar-refractivity contribution in [3.63, 3.8) is 0 Å². The maximum Gasteiger partial charge on any atom is 1.00 e. The fraction of sp³-hybridized carbons (Fsp3) is 0.500. The van der Waals surface area contributed by atoms with Crippen LogP contribution in [0.5, 0.6) is 0 Å². The quantitative estimate of drug-likeness (QED) is 0.344. The first kappa shape index (κ1) is 9.71. The van der Waals surface area contributed by atoms with Crippen LogP contribution < -0.4 is 51.4 Å². The molecule has 0 fully saturated rings. The fourth-order valence-corrected chi connectivity index (χ4v) is 0.316. The molecule has 44 valence electrons. The molecule has 0 aliphatic rings. The maximum atomic E-state index is 12.1. The summed E-state index contributed by atoms with van der Waals surface area (Å²) >= 11 is 0. The molecule has 0 radical (unpaired) electrons. The van der Waals surface area contributed by atoms with E-state index in [1.54, 1.807) is 0 Å². The number of hydrogen-bond donors (Lipinski definition) is 0. The van der Waals surface area contributed by atoms with E-state index in [1.165, 1.54) is 6.92 Å². The van der Waals surface area contributed by atoms with Crippen molar-refractivity contribution < 1.29 is 60.3 Å². The fourth-order valence-electron chi connectivity index (χ4n) is 0.316. The van der Waals surface area contributed by atoms with E-state index in [-0.39, 0.29) is 57.2 Å². The van der Waals surface area contributed by atoms with Crippen LogP contribution in [0.15, 0.2) is 4.52 Å². The van der Waals surface area contributed by atoms with E-state index < -0.39 is 6.17 Å². The molecule has 1 heterocycles. The molecule has 5 heteroatoms. The first-order valence-electron chi connectivity index (χ1n) is 2.14. The molecule has 1 aromatic heterocycles. The average molecular weight is 154 g/mol. The standard InChI is InChI=1S/C4H4FN2O.K/c1-3(5)4-6-2-8-7-4;/h3H,1H3;/q-1;+1. The average Bonchev–Trinajstić information content (AvgIpc) is 2.12. The van der Waals surface area contributed by atoms with Gasteiger partial charge in [0.2, 0.25) is 0 Å². The SMILES string of the molecule is CC(F)c1n[c-]on1.[K+]. The zero-order valence-electron chi connectivity index (χ0n) is 5.26. The Morgan fingerprint density at radius 1 is 1.78 bits per heavy atom. The minimum atomic E-state index is -1.16. The van der Waals surface area contributed by atoms with Crippen molar-refractivity contribution in [1.82, 2.24) is 10.1 Å². The van der Waals surface area contributed by atoms with Gasteiger partial charge in [-0.05, 0) is 6.92 Å². The predicted octanol–water partition coefficient (Wildman–Crippen LogP) is -2.10. The van der Waals surface area contributed by atoms with Crippen LogP contribution in [-0.4, -0.2) is 10.1 Å². The van der Waals surface area contributed by atoms with Crippen molar-refractivity contribution >= 4 is 0 Å². The summed E-state index contributed by atoms with van der Waals surface area (Å²) in [6.45, 7) is 1.33. The van der Waals surface area contributed by atoms with E-state index >= 15 is 0 Å². The van der Waals surface area contributed by atoms with Crippen LogP contribution in [0.2, 0.25) is 0 Å². The monoisotopic (exact) mass is 154 g/mol. The van der Waals surface area contributed by atoms with Crippen molar-refractivity contribution in [1.29, 1.82) is 0 Å². The van der Waals surface area contributed by atoms with E-state index in [2.05, 4.69) is 14.7 Å². The number of halogens is 1. The van der Waals surface area contributed by atoms with Crippen molar-refractivity contribution in [2.24, 2.45) is 0 Å². The molecule has 0 aromatic carbocycles. The van der Waals surface area contributed by atoms with E-state index in [4.69, 9.17) is 0 Å². The van der Waals surface area contributed by atoms with E-state index in [0.717, 1.165) is 0 Å². The number of nitrogens with zero attached hydrogens (tertiary/aromatic N) is 2. The second-order valence-corrected chi connectivity index (χ2v) is 1.36. The third-order valence-corrected chi connectivity index (χ3v) is 0.696. The van der Waals surface area contributed by atoms with E-state index in [1.807, 2.05) is 6.39 Å². The number of alkyl halides is 1. The van der Waals surface area contributed by atoms with Gasteiger partial charge >= 0.3 is 51.4 Å². The summed E-state index contributed by atoms with van der Waals surface area (Å²) in [4.78, 5) is 3.34. The zero-order valence-corrected chi connectivity index (χ0v) is 8.38. The van der Waals surface area contributed by atoms with Crippen LogP contribution in [0.25, 0.3) is 0 Å². The zero-order chi connectivity index (χ0) is 5.98. The van der Waals surface area contributed by atoms with Crippen LogP contribution in [-0.2, 0) is 0 Å². The first-order valence-corrected chi connectivity index (χ1v) is 2.14. The molecule has 1 aromatic rings. The molecule has 0 saturated heterocycles. The van der Waals surface area contributed by atoms with E-state index in [9.17, 15) is 4.39 Å². The Hall–Kier alpha value is 0.706. The maximum absolute atomic E-state index is 12.1. The van der Waals surface area contributed by atoms with Gasteiger partial charge in [-0.15, -0.1) is 0 Å². The number of rotatable bonds is 1. The Morgan fingerprint density at radius 2 is 2.44 bits per heavy atom. The van der Waals surface area contributed by atoms with E-state index in [0.29, 0.717) is 0 Å². The molecule has 1 unspecified atom stereocenters. The molecule has 0 N–H and O–H groups in total. The first-order chi connectivity index (χ1) is 3.80. The Morgan fingerprint density at radius 3 is 2.67 bits per heavy atom. The van der Waals surface area contributed by atoms with Gasteiger partial charge in [0.15, 0.2) is 0 Å². The molecule has 0 aliphatic heterocycles. The van der Waals surface area contributed by atoms with Gasteiger partial charge in [0.05, 0.1) is 12.6 Å². The Kier molecular flexibility index (Phi) is 4.86. The third kappa shape index (κ3) is 2.86. The van der Waals surface area contributed by atoms with Crippen LogP contribution in [0, 0.1) is 6.39 Å². The second-order valence-electron chi connectivity index (χ2n) is 1.36. The minimum Gasteiger partial charge on any atom is -0.459 e. The Balaban J connectivity index is 0.000000640. The summed E-state index contributed by atoms with van der Waals surface area (Å²) in [5.74, 6) is 0.0463.